The van der Waals surface area contributed by atoms with Crippen molar-refractivity contribution in [3.8, 4) is 0 Å². The van der Waals surface area contributed by atoms with Gasteiger partial charge in [0.15, 0.2) is 0 Å². The fourth-order valence-electron chi connectivity index (χ4n) is 2.64. The van der Waals surface area contributed by atoms with Crippen LogP contribution in [0, 0.1) is 6.92 Å². The summed E-state index contributed by atoms with van der Waals surface area (Å²) in [5.41, 5.74) is 7.20. The standard InChI is InChI=1S/C13H22N4O/c1-10-11(8-15-17(10)2)12(18)16-13(9-14)6-4-3-5-7-13/h8H,3-7,9,14H2,1-2H3,(H,16,18). The van der Waals surface area contributed by atoms with Crippen LogP contribution in [0.2, 0.25) is 0 Å². The van der Waals surface area contributed by atoms with Gasteiger partial charge < -0.3 is 11.1 Å². The van der Waals surface area contributed by atoms with E-state index in [9.17, 15) is 4.79 Å². The maximum absolute atomic E-state index is 12.3. The van der Waals surface area contributed by atoms with Crippen molar-refractivity contribution >= 4 is 5.91 Å². The molecular formula is C13H22N4O. The molecule has 0 atom stereocenters. The number of aromatic nitrogens is 2. The van der Waals surface area contributed by atoms with Crippen molar-refractivity contribution in [2.75, 3.05) is 6.54 Å². The second-order valence-corrected chi connectivity index (χ2v) is 5.27. The number of amides is 1. The van der Waals surface area contributed by atoms with Crippen LogP contribution in [0.5, 0.6) is 0 Å². The van der Waals surface area contributed by atoms with Gasteiger partial charge in [0.1, 0.15) is 0 Å². The van der Waals surface area contributed by atoms with Crippen LogP contribution in [0.1, 0.15) is 48.2 Å². The summed E-state index contributed by atoms with van der Waals surface area (Å²) in [5, 5.41) is 7.24. The highest BCUT2D eigenvalue weighted by atomic mass is 16.1. The summed E-state index contributed by atoms with van der Waals surface area (Å²) in [7, 11) is 1.84. The summed E-state index contributed by atoms with van der Waals surface area (Å²) in [6.07, 6.45) is 7.11. The van der Waals surface area contributed by atoms with Crippen molar-refractivity contribution in [2.45, 2.75) is 44.6 Å². The van der Waals surface area contributed by atoms with Crippen LogP contribution in [-0.4, -0.2) is 27.8 Å². The first-order valence-electron chi connectivity index (χ1n) is 6.59. The minimum absolute atomic E-state index is 0.0482. The van der Waals surface area contributed by atoms with Crippen molar-refractivity contribution < 1.29 is 4.79 Å². The lowest BCUT2D eigenvalue weighted by Crippen LogP contribution is -2.54. The smallest absolute Gasteiger partial charge is 0.255 e. The molecule has 5 heteroatoms. The van der Waals surface area contributed by atoms with Crippen molar-refractivity contribution in [1.82, 2.24) is 15.1 Å². The van der Waals surface area contributed by atoms with Crippen molar-refractivity contribution in [3.05, 3.63) is 17.5 Å². The average Bonchev–Trinajstić information content (AvgIpc) is 2.71. The number of nitrogens with two attached hydrogens (primary N) is 1. The summed E-state index contributed by atoms with van der Waals surface area (Å²) >= 11 is 0. The lowest BCUT2D eigenvalue weighted by atomic mass is 9.81. The monoisotopic (exact) mass is 250 g/mol. The molecule has 0 aliphatic heterocycles. The number of nitrogens with one attached hydrogen (secondary N) is 1. The molecule has 1 aromatic heterocycles. The van der Waals surface area contributed by atoms with Gasteiger partial charge in [0.05, 0.1) is 17.3 Å². The Labute approximate surface area is 108 Å². The summed E-state index contributed by atoms with van der Waals surface area (Å²) in [4.78, 5) is 12.3. The number of nitrogens with zero attached hydrogens (tertiary/aromatic N) is 2. The number of rotatable bonds is 3. The molecule has 1 heterocycles. The first kappa shape index (κ1) is 13.1. The van der Waals surface area contributed by atoms with Gasteiger partial charge >= 0.3 is 0 Å². The van der Waals surface area contributed by atoms with Crippen LogP contribution < -0.4 is 11.1 Å². The third-order valence-electron chi connectivity index (χ3n) is 4.06. The molecule has 0 bridgehead atoms. The second-order valence-electron chi connectivity index (χ2n) is 5.27. The van der Waals surface area contributed by atoms with Crippen molar-refractivity contribution in [2.24, 2.45) is 12.8 Å². The minimum atomic E-state index is -0.211. The number of carbonyl (C=O) groups excluding carboxylic acids is 1. The predicted octanol–water partition coefficient (Wildman–Crippen LogP) is 1.12. The first-order valence-corrected chi connectivity index (χ1v) is 6.59. The lowest BCUT2D eigenvalue weighted by molar-refractivity contribution is 0.0874. The molecule has 1 fully saturated rings. The maximum Gasteiger partial charge on any atom is 0.255 e. The Morgan fingerprint density at radius 1 is 1.50 bits per heavy atom. The second kappa shape index (κ2) is 5.10. The van der Waals surface area contributed by atoms with Crippen molar-refractivity contribution in [1.29, 1.82) is 0 Å². The molecule has 0 saturated heterocycles. The van der Waals surface area contributed by atoms with Crippen LogP contribution in [0.25, 0.3) is 0 Å². The van der Waals surface area contributed by atoms with Gasteiger partial charge in [-0.25, -0.2) is 0 Å². The Balaban J connectivity index is 2.12. The fraction of sp³-hybridized carbons (Fsp3) is 0.692. The van der Waals surface area contributed by atoms with Crippen molar-refractivity contribution in [3.63, 3.8) is 0 Å². The van der Waals surface area contributed by atoms with E-state index in [1.54, 1.807) is 10.9 Å². The number of hydrogen-bond acceptors (Lipinski definition) is 3. The molecule has 0 spiro atoms. The summed E-state index contributed by atoms with van der Waals surface area (Å²) in [5.74, 6) is -0.0482. The molecule has 1 aliphatic rings. The van der Waals surface area contributed by atoms with Crippen LogP contribution in [-0.2, 0) is 7.05 Å². The van der Waals surface area contributed by atoms with Gasteiger partial charge in [0.2, 0.25) is 0 Å². The topological polar surface area (TPSA) is 72.9 Å². The molecule has 100 valence electrons. The molecule has 1 aromatic rings. The van der Waals surface area contributed by atoms with Crippen LogP contribution in [0.3, 0.4) is 0 Å². The molecule has 0 aromatic carbocycles. The normalized spacial score (nSPS) is 18.6. The summed E-state index contributed by atoms with van der Waals surface area (Å²) < 4.78 is 1.71. The van der Waals surface area contributed by atoms with E-state index in [-0.39, 0.29) is 11.4 Å². The Morgan fingerprint density at radius 3 is 2.67 bits per heavy atom. The minimum Gasteiger partial charge on any atom is -0.345 e. The highest BCUT2D eigenvalue weighted by Crippen LogP contribution is 2.27. The average molecular weight is 250 g/mol. The zero-order chi connectivity index (χ0) is 13.2. The molecule has 1 aliphatic carbocycles. The molecule has 1 amide bonds. The van der Waals surface area contributed by atoms with Gasteiger partial charge in [0.25, 0.3) is 5.91 Å². The van der Waals surface area contributed by atoms with E-state index in [0.29, 0.717) is 12.1 Å². The van der Waals surface area contributed by atoms with E-state index < -0.39 is 0 Å². The van der Waals surface area contributed by atoms with Crippen LogP contribution >= 0.6 is 0 Å². The highest BCUT2D eigenvalue weighted by Gasteiger charge is 2.33. The SMILES string of the molecule is Cc1c(C(=O)NC2(CN)CCCCC2)cnn1C. The fourth-order valence-corrected chi connectivity index (χ4v) is 2.64. The Morgan fingerprint density at radius 2 is 2.17 bits per heavy atom. The number of carbonyl (C=O) groups is 1. The number of hydrogen-bond donors (Lipinski definition) is 2. The van der Waals surface area contributed by atoms with Gasteiger partial charge in [-0.1, -0.05) is 19.3 Å². The highest BCUT2D eigenvalue weighted by molar-refractivity contribution is 5.95. The summed E-state index contributed by atoms with van der Waals surface area (Å²) in [6.45, 7) is 2.41. The van der Waals surface area contributed by atoms with Gasteiger partial charge in [-0.2, -0.15) is 5.10 Å². The molecule has 0 radical (unpaired) electrons. The zero-order valence-corrected chi connectivity index (χ0v) is 11.2. The predicted molar refractivity (Wildman–Crippen MR) is 70.3 cm³/mol. The zero-order valence-electron chi connectivity index (χ0n) is 11.2. The quantitative estimate of drug-likeness (QED) is 0.844. The Kier molecular flexibility index (Phi) is 3.71. The Hall–Kier alpha value is -1.36. The first-order chi connectivity index (χ1) is 8.58. The molecule has 0 unspecified atom stereocenters. The van der Waals surface area contributed by atoms with E-state index in [1.165, 1.54) is 6.42 Å². The van der Waals surface area contributed by atoms with E-state index in [4.69, 9.17) is 5.73 Å². The van der Waals surface area contributed by atoms with Gasteiger partial charge in [-0.3, -0.25) is 9.48 Å². The van der Waals surface area contributed by atoms with E-state index in [1.807, 2.05) is 14.0 Å². The molecule has 1 saturated carbocycles. The van der Waals surface area contributed by atoms with Crippen LogP contribution in [0.15, 0.2) is 6.20 Å². The van der Waals surface area contributed by atoms with Gasteiger partial charge in [-0.15, -0.1) is 0 Å². The largest absolute Gasteiger partial charge is 0.345 e. The van der Waals surface area contributed by atoms with Gasteiger partial charge in [0, 0.05) is 19.3 Å². The molecule has 5 nitrogen and oxygen atoms in total. The third kappa shape index (κ3) is 2.41. The number of aryl methyl sites for hydroxylation is 1. The van der Waals surface area contributed by atoms with E-state index >= 15 is 0 Å². The summed E-state index contributed by atoms with van der Waals surface area (Å²) in [6, 6.07) is 0. The molecule has 3 N–H and O–H groups in total. The molecule has 2 rings (SSSR count). The Bertz CT molecular complexity index is 432. The van der Waals surface area contributed by atoms with E-state index in [0.717, 1.165) is 31.4 Å². The third-order valence-corrected chi connectivity index (χ3v) is 4.06. The maximum atomic E-state index is 12.3. The van der Waals surface area contributed by atoms with Gasteiger partial charge in [-0.05, 0) is 19.8 Å². The lowest BCUT2D eigenvalue weighted by Gasteiger charge is -2.37. The van der Waals surface area contributed by atoms with E-state index in [2.05, 4.69) is 10.4 Å². The molecule has 18 heavy (non-hydrogen) atoms. The van der Waals surface area contributed by atoms with Crippen LogP contribution in [0.4, 0.5) is 0 Å². The molecular weight excluding hydrogens is 228 g/mol.